The van der Waals surface area contributed by atoms with Gasteiger partial charge in [0.25, 0.3) is 0 Å². The van der Waals surface area contributed by atoms with Gasteiger partial charge in [0, 0.05) is 19.6 Å². The van der Waals surface area contributed by atoms with E-state index in [4.69, 9.17) is 5.73 Å². The second-order valence-corrected chi connectivity index (χ2v) is 4.87. The lowest BCUT2D eigenvalue weighted by Gasteiger charge is -2.26. The van der Waals surface area contributed by atoms with Gasteiger partial charge < -0.3 is 16.0 Å². The van der Waals surface area contributed by atoms with Crippen molar-refractivity contribution in [1.82, 2.24) is 10.2 Å². The van der Waals surface area contributed by atoms with Crippen LogP contribution in [-0.2, 0) is 9.59 Å². The Kier molecular flexibility index (Phi) is 8.37. The van der Waals surface area contributed by atoms with Crippen LogP contribution in [0.5, 0.6) is 0 Å². The first-order chi connectivity index (χ1) is 8.46. The molecule has 0 aromatic rings. The predicted molar refractivity (Wildman–Crippen MR) is 72.9 cm³/mol. The van der Waals surface area contributed by atoms with Gasteiger partial charge in [-0.25, -0.2) is 0 Å². The van der Waals surface area contributed by atoms with Crippen LogP contribution in [-0.4, -0.2) is 42.9 Å². The van der Waals surface area contributed by atoms with E-state index in [1.54, 1.807) is 4.90 Å². The molecule has 0 radical (unpaired) electrons. The van der Waals surface area contributed by atoms with Gasteiger partial charge in [-0.3, -0.25) is 9.59 Å². The van der Waals surface area contributed by atoms with Crippen molar-refractivity contribution >= 4 is 11.8 Å². The van der Waals surface area contributed by atoms with Gasteiger partial charge >= 0.3 is 0 Å². The monoisotopic (exact) mass is 257 g/mol. The fourth-order valence-corrected chi connectivity index (χ4v) is 1.90. The van der Waals surface area contributed by atoms with Crippen molar-refractivity contribution in [2.75, 3.05) is 26.2 Å². The number of carbonyl (C=O) groups is 2. The molecule has 18 heavy (non-hydrogen) atoms. The van der Waals surface area contributed by atoms with E-state index in [9.17, 15) is 9.59 Å². The summed E-state index contributed by atoms with van der Waals surface area (Å²) in [6.07, 6.45) is 0.765. The summed E-state index contributed by atoms with van der Waals surface area (Å²) in [6, 6.07) is 0. The van der Waals surface area contributed by atoms with E-state index in [1.165, 1.54) is 0 Å². The molecular weight excluding hydrogens is 230 g/mol. The summed E-state index contributed by atoms with van der Waals surface area (Å²) in [5.41, 5.74) is 5.66. The zero-order valence-electron chi connectivity index (χ0n) is 12.0. The van der Waals surface area contributed by atoms with Crippen LogP contribution in [0.25, 0.3) is 0 Å². The lowest BCUT2D eigenvalue weighted by molar-refractivity contribution is -0.139. The summed E-state index contributed by atoms with van der Waals surface area (Å²) >= 11 is 0. The van der Waals surface area contributed by atoms with E-state index in [1.807, 2.05) is 13.8 Å². The smallest absolute Gasteiger partial charge is 0.239 e. The van der Waals surface area contributed by atoms with Gasteiger partial charge in [-0.1, -0.05) is 13.8 Å². The van der Waals surface area contributed by atoms with Crippen LogP contribution in [0, 0.1) is 11.8 Å². The van der Waals surface area contributed by atoms with Crippen LogP contribution in [0.2, 0.25) is 0 Å². The maximum Gasteiger partial charge on any atom is 0.239 e. The Morgan fingerprint density at radius 3 is 2.28 bits per heavy atom. The topological polar surface area (TPSA) is 75.4 Å². The van der Waals surface area contributed by atoms with Gasteiger partial charge in [0.2, 0.25) is 11.8 Å². The van der Waals surface area contributed by atoms with Gasteiger partial charge in [-0.05, 0) is 26.2 Å². The third-order valence-corrected chi connectivity index (χ3v) is 2.79. The first-order valence-electron chi connectivity index (χ1n) is 6.71. The minimum Gasteiger partial charge on any atom is -0.355 e. The second kappa shape index (κ2) is 8.91. The number of nitrogens with zero attached hydrogens (tertiary/aromatic N) is 1. The molecule has 0 heterocycles. The highest BCUT2D eigenvalue weighted by Crippen LogP contribution is 2.13. The molecule has 1 unspecified atom stereocenters. The normalized spacial score (nSPS) is 12.3. The molecule has 0 aromatic heterocycles. The third-order valence-electron chi connectivity index (χ3n) is 2.79. The molecule has 5 heteroatoms. The summed E-state index contributed by atoms with van der Waals surface area (Å²) in [5.74, 6) is 0.109. The standard InChI is InChI=1S/C13H27N3O2/c1-5-15-12(17)9-16(6-2)13(18)11(8-14)7-10(3)4/h10-11H,5-9,14H2,1-4H3,(H,15,17). The molecule has 106 valence electrons. The Morgan fingerprint density at radius 2 is 1.89 bits per heavy atom. The Morgan fingerprint density at radius 1 is 1.28 bits per heavy atom. The van der Waals surface area contributed by atoms with E-state index in [2.05, 4.69) is 19.2 Å². The summed E-state index contributed by atoms with van der Waals surface area (Å²) < 4.78 is 0. The first kappa shape index (κ1) is 16.9. The van der Waals surface area contributed by atoms with Gasteiger partial charge in [-0.2, -0.15) is 0 Å². The average molecular weight is 257 g/mol. The highest BCUT2D eigenvalue weighted by atomic mass is 16.2. The van der Waals surface area contributed by atoms with Crippen molar-refractivity contribution in [2.24, 2.45) is 17.6 Å². The maximum absolute atomic E-state index is 12.2. The molecule has 0 spiro atoms. The highest BCUT2D eigenvalue weighted by Gasteiger charge is 2.24. The lowest BCUT2D eigenvalue weighted by Crippen LogP contribution is -2.45. The van der Waals surface area contributed by atoms with Crippen LogP contribution in [0.1, 0.15) is 34.1 Å². The number of hydrogen-bond acceptors (Lipinski definition) is 3. The molecule has 0 aromatic carbocycles. The average Bonchev–Trinajstić information content (AvgIpc) is 2.32. The van der Waals surface area contributed by atoms with Crippen molar-refractivity contribution in [3.05, 3.63) is 0 Å². The van der Waals surface area contributed by atoms with Crippen LogP contribution >= 0.6 is 0 Å². The molecule has 0 saturated carbocycles. The van der Waals surface area contributed by atoms with E-state index in [0.717, 1.165) is 6.42 Å². The van der Waals surface area contributed by atoms with Gasteiger partial charge in [-0.15, -0.1) is 0 Å². The molecule has 0 rings (SSSR count). The Balaban J connectivity index is 4.52. The predicted octanol–water partition coefficient (Wildman–Crippen LogP) is 0.592. The maximum atomic E-state index is 12.2. The second-order valence-electron chi connectivity index (χ2n) is 4.87. The molecule has 0 aliphatic rings. The summed E-state index contributed by atoms with van der Waals surface area (Å²) in [7, 11) is 0. The Hall–Kier alpha value is -1.10. The molecule has 0 aliphatic heterocycles. The molecule has 1 atom stereocenters. The number of likely N-dealkylation sites (N-methyl/N-ethyl adjacent to an activating group) is 2. The molecule has 0 fully saturated rings. The molecule has 0 saturated heterocycles. The highest BCUT2D eigenvalue weighted by molar-refractivity contribution is 5.86. The summed E-state index contributed by atoms with van der Waals surface area (Å²) in [5, 5.41) is 2.70. The molecule has 2 amide bonds. The van der Waals surface area contributed by atoms with Gasteiger partial charge in [0.1, 0.15) is 0 Å². The zero-order valence-corrected chi connectivity index (χ0v) is 12.0. The fourth-order valence-electron chi connectivity index (χ4n) is 1.90. The van der Waals surface area contributed by atoms with E-state index >= 15 is 0 Å². The quantitative estimate of drug-likeness (QED) is 0.668. The van der Waals surface area contributed by atoms with E-state index < -0.39 is 0 Å². The number of amides is 2. The molecule has 0 bridgehead atoms. The summed E-state index contributed by atoms with van der Waals surface area (Å²) in [6.45, 7) is 9.44. The molecule has 3 N–H and O–H groups in total. The Labute approximate surface area is 110 Å². The molecule has 0 aliphatic carbocycles. The van der Waals surface area contributed by atoms with Gasteiger partial charge in [0.15, 0.2) is 0 Å². The molecular formula is C13H27N3O2. The van der Waals surface area contributed by atoms with Crippen molar-refractivity contribution in [3.8, 4) is 0 Å². The van der Waals surface area contributed by atoms with Crippen LogP contribution in [0.4, 0.5) is 0 Å². The number of nitrogens with one attached hydrogen (secondary N) is 1. The number of carbonyl (C=O) groups excluding carboxylic acids is 2. The fraction of sp³-hybridized carbons (Fsp3) is 0.846. The van der Waals surface area contributed by atoms with Crippen LogP contribution < -0.4 is 11.1 Å². The first-order valence-corrected chi connectivity index (χ1v) is 6.71. The summed E-state index contributed by atoms with van der Waals surface area (Å²) in [4.78, 5) is 25.3. The minimum atomic E-state index is -0.181. The molecule has 5 nitrogen and oxygen atoms in total. The van der Waals surface area contributed by atoms with Crippen molar-refractivity contribution in [2.45, 2.75) is 34.1 Å². The number of rotatable bonds is 8. The SMILES string of the molecule is CCNC(=O)CN(CC)C(=O)C(CN)CC(C)C. The lowest BCUT2D eigenvalue weighted by atomic mass is 9.96. The minimum absolute atomic E-state index is 0.0139. The van der Waals surface area contributed by atoms with Crippen LogP contribution in [0.15, 0.2) is 0 Å². The van der Waals surface area contributed by atoms with Crippen molar-refractivity contribution < 1.29 is 9.59 Å². The largest absolute Gasteiger partial charge is 0.355 e. The zero-order chi connectivity index (χ0) is 14.1. The van der Waals surface area contributed by atoms with Crippen molar-refractivity contribution in [3.63, 3.8) is 0 Å². The van der Waals surface area contributed by atoms with Gasteiger partial charge in [0.05, 0.1) is 12.5 Å². The number of nitrogens with two attached hydrogens (primary N) is 1. The van der Waals surface area contributed by atoms with Crippen LogP contribution in [0.3, 0.4) is 0 Å². The van der Waals surface area contributed by atoms with Crippen molar-refractivity contribution in [1.29, 1.82) is 0 Å². The third kappa shape index (κ3) is 6.00. The number of hydrogen-bond donors (Lipinski definition) is 2. The van der Waals surface area contributed by atoms with E-state index in [0.29, 0.717) is 25.6 Å². The Bertz CT molecular complexity index is 267. The van der Waals surface area contributed by atoms with E-state index in [-0.39, 0.29) is 24.3 Å².